The number of carbonyl (C=O) groups is 1. The van der Waals surface area contributed by atoms with Crippen molar-refractivity contribution in [3.8, 4) is 0 Å². The van der Waals surface area contributed by atoms with E-state index in [1.807, 2.05) is 10.8 Å². The Hall–Kier alpha value is -2.18. The standard InChI is InChI=1S/C21H32N6O/c1-15(2)19-25-24-14-26(19)11-9-22-21(28)17-8-10-27-18(12-17)13-23-20(27)16-6-4-3-5-7-16/h13-17H,3-12H2,1-2H3,(H,22,28)/t17-/m0/s1. The molecule has 0 radical (unpaired) electrons. The van der Waals surface area contributed by atoms with Crippen molar-refractivity contribution < 1.29 is 4.79 Å². The molecule has 1 atom stereocenters. The van der Waals surface area contributed by atoms with Crippen molar-refractivity contribution in [3.05, 3.63) is 29.9 Å². The van der Waals surface area contributed by atoms with Gasteiger partial charge in [0, 0.05) is 55.7 Å². The highest BCUT2D eigenvalue weighted by Gasteiger charge is 2.29. The van der Waals surface area contributed by atoms with E-state index in [1.54, 1.807) is 6.33 Å². The zero-order chi connectivity index (χ0) is 19.5. The molecule has 0 bridgehead atoms. The Morgan fingerprint density at radius 3 is 2.86 bits per heavy atom. The maximum absolute atomic E-state index is 12.7. The molecule has 1 fully saturated rings. The first-order chi connectivity index (χ1) is 13.6. The van der Waals surface area contributed by atoms with Gasteiger partial charge in [-0.1, -0.05) is 33.1 Å². The van der Waals surface area contributed by atoms with Gasteiger partial charge in [0.2, 0.25) is 5.91 Å². The number of imidazole rings is 1. The molecular weight excluding hydrogens is 352 g/mol. The largest absolute Gasteiger partial charge is 0.354 e. The summed E-state index contributed by atoms with van der Waals surface area (Å²) in [4.78, 5) is 17.4. The number of nitrogens with zero attached hydrogens (tertiary/aromatic N) is 5. The number of amides is 1. The van der Waals surface area contributed by atoms with Gasteiger partial charge in [0.1, 0.15) is 18.0 Å². The van der Waals surface area contributed by atoms with Crippen molar-refractivity contribution in [1.82, 2.24) is 29.6 Å². The first-order valence-corrected chi connectivity index (χ1v) is 10.8. The minimum absolute atomic E-state index is 0.0499. The molecule has 7 heteroatoms. The SMILES string of the molecule is CC(C)c1nncn1CCNC(=O)[C@H]1CCn2c(cnc2C2CCCCC2)C1. The first kappa shape index (κ1) is 19.2. The second-order valence-electron chi connectivity index (χ2n) is 8.61. The van der Waals surface area contributed by atoms with Crippen LogP contribution in [0.25, 0.3) is 0 Å². The number of hydrogen-bond acceptors (Lipinski definition) is 4. The van der Waals surface area contributed by atoms with Gasteiger partial charge in [0.25, 0.3) is 0 Å². The van der Waals surface area contributed by atoms with Gasteiger partial charge in [0.05, 0.1) is 0 Å². The molecule has 7 nitrogen and oxygen atoms in total. The van der Waals surface area contributed by atoms with E-state index in [-0.39, 0.29) is 11.8 Å². The van der Waals surface area contributed by atoms with E-state index >= 15 is 0 Å². The summed E-state index contributed by atoms with van der Waals surface area (Å²) in [5, 5.41) is 11.3. The predicted octanol–water partition coefficient (Wildman–Crippen LogP) is 3.02. The van der Waals surface area contributed by atoms with Crippen LogP contribution in [0.5, 0.6) is 0 Å². The van der Waals surface area contributed by atoms with Crippen molar-refractivity contribution in [3.63, 3.8) is 0 Å². The number of aromatic nitrogens is 5. The van der Waals surface area contributed by atoms with Gasteiger partial charge in [0.15, 0.2) is 0 Å². The number of nitrogens with one attached hydrogen (secondary N) is 1. The van der Waals surface area contributed by atoms with Gasteiger partial charge in [-0.3, -0.25) is 4.79 Å². The van der Waals surface area contributed by atoms with Crippen molar-refractivity contribution in [2.75, 3.05) is 6.54 Å². The Balaban J connectivity index is 1.31. The van der Waals surface area contributed by atoms with Crippen LogP contribution in [0.3, 0.4) is 0 Å². The fourth-order valence-electron chi connectivity index (χ4n) is 4.73. The summed E-state index contributed by atoms with van der Waals surface area (Å²) in [5.74, 6) is 3.38. The van der Waals surface area contributed by atoms with Crippen molar-refractivity contribution >= 4 is 5.91 Å². The lowest BCUT2D eigenvalue weighted by atomic mass is 9.88. The first-order valence-electron chi connectivity index (χ1n) is 10.8. The lowest BCUT2D eigenvalue weighted by molar-refractivity contribution is -0.125. The smallest absolute Gasteiger partial charge is 0.223 e. The third-order valence-corrected chi connectivity index (χ3v) is 6.28. The maximum atomic E-state index is 12.7. The molecule has 0 unspecified atom stereocenters. The van der Waals surface area contributed by atoms with Crippen LogP contribution in [-0.4, -0.2) is 36.8 Å². The lowest BCUT2D eigenvalue weighted by Gasteiger charge is -2.27. The predicted molar refractivity (Wildman–Crippen MR) is 107 cm³/mol. The highest BCUT2D eigenvalue weighted by atomic mass is 16.1. The summed E-state index contributed by atoms with van der Waals surface area (Å²) in [6.07, 6.45) is 12.0. The third-order valence-electron chi connectivity index (χ3n) is 6.28. The Kier molecular flexibility index (Phi) is 5.78. The normalized spacial score (nSPS) is 20.3. The molecule has 4 rings (SSSR count). The van der Waals surface area contributed by atoms with Crippen LogP contribution in [0.4, 0.5) is 0 Å². The van der Waals surface area contributed by atoms with Crippen LogP contribution >= 0.6 is 0 Å². The molecular formula is C21H32N6O. The molecule has 152 valence electrons. The summed E-state index contributed by atoms with van der Waals surface area (Å²) in [5.41, 5.74) is 1.23. The number of hydrogen-bond donors (Lipinski definition) is 1. The molecule has 2 aromatic heterocycles. The average Bonchev–Trinajstić information content (AvgIpc) is 3.35. The van der Waals surface area contributed by atoms with Crippen LogP contribution in [0.1, 0.15) is 81.6 Å². The summed E-state index contributed by atoms with van der Waals surface area (Å²) < 4.78 is 4.42. The van der Waals surface area contributed by atoms with Gasteiger partial charge in [-0.25, -0.2) is 4.98 Å². The van der Waals surface area contributed by atoms with Crippen molar-refractivity contribution in [2.24, 2.45) is 5.92 Å². The summed E-state index contributed by atoms with van der Waals surface area (Å²) in [6, 6.07) is 0. The van der Waals surface area contributed by atoms with E-state index in [2.05, 4.69) is 33.9 Å². The molecule has 2 aliphatic rings. The summed E-state index contributed by atoms with van der Waals surface area (Å²) in [7, 11) is 0. The lowest BCUT2D eigenvalue weighted by Crippen LogP contribution is -2.37. The minimum atomic E-state index is 0.0499. The number of fused-ring (bicyclic) bond motifs is 1. The van der Waals surface area contributed by atoms with Crippen LogP contribution in [0.15, 0.2) is 12.5 Å². The molecule has 0 spiro atoms. The van der Waals surface area contributed by atoms with E-state index in [0.29, 0.717) is 24.9 Å². The molecule has 3 heterocycles. The second kappa shape index (κ2) is 8.45. The van der Waals surface area contributed by atoms with Crippen LogP contribution < -0.4 is 5.32 Å². The Labute approximate surface area is 166 Å². The quantitative estimate of drug-likeness (QED) is 0.830. The van der Waals surface area contributed by atoms with Gasteiger partial charge in [-0.05, 0) is 19.3 Å². The van der Waals surface area contributed by atoms with E-state index in [9.17, 15) is 4.79 Å². The van der Waals surface area contributed by atoms with Gasteiger partial charge in [-0.2, -0.15) is 0 Å². The fraction of sp³-hybridized carbons (Fsp3) is 0.714. The van der Waals surface area contributed by atoms with Crippen molar-refractivity contribution in [2.45, 2.75) is 83.7 Å². The van der Waals surface area contributed by atoms with Gasteiger partial charge in [-0.15, -0.1) is 10.2 Å². The molecule has 1 N–H and O–H groups in total. The van der Waals surface area contributed by atoms with Crippen LogP contribution in [-0.2, 0) is 24.3 Å². The highest BCUT2D eigenvalue weighted by molar-refractivity contribution is 5.79. The maximum Gasteiger partial charge on any atom is 0.223 e. The molecule has 1 aliphatic heterocycles. The molecule has 0 aromatic carbocycles. The zero-order valence-electron chi connectivity index (χ0n) is 17.1. The number of rotatable bonds is 6. The fourth-order valence-corrected chi connectivity index (χ4v) is 4.73. The minimum Gasteiger partial charge on any atom is -0.354 e. The monoisotopic (exact) mass is 384 g/mol. The average molecular weight is 385 g/mol. The van der Waals surface area contributed by atoms with Crippen LogP contribution in [0, 0.1) is 5.92 Å². The topological polar surface area (TPSA) is 77.6 Å². The van der Waals surface area contributed by atoms with E-state index in [0.717, 1.165) is 25.2 Å². The molecule has 1 aliphatic carbocycles. The Bertz CT molecular complexity index is 802. The van der Waals surface area contributed by atoms with E-state index in [4.69, 9.17) is 4.98 Å². The second-order valence-corrected chi connectivity index (χ2v) is 8.61. The Morgan fingerprint density at radius 2 is 2.07 bits per heavy atom. The molecule has 1 amide bonds. The molecule has 0 saturated heterocycles. The van der Waals surface area contributed by atoms with Gasteiger partial charge >= 0.3 is 0 Å². The third kappa shape index (κ3) is 3.98. The summed E-state index contributed by atoms with van der Waals surface area (Å²) >= 11 is 0. The van der Waals surface area contributed by atoms with Crippen molar-refractivity contribution in [1.29, 1.82) is 0 Å². The molecule has 28 heavy (non-hydrogen) atoms. The Morgan fingerprint density at radius 1 is 1.25 bits per heavy atom. The molecule has 1 saturated carbocycles. The van der Waals surface area contributed by atoms with Crippen LogP contribution in [0.2, 0.25) is 0 Å². The summed E-state index contributed by atoms with van der Waals surface area (Å²) in [6.45, 7) is 6.45. The van der Waals surface area contributed by atoms with E-state index < -0.39 is 0 Å². The number of carbonyl (C=O) groups excluding carboxylic acids is 1. The van der Waals surface area contributed by atoms with Gasteiger partial charge < -0.3 is 14.5 Å². The molecule has 2 aromatic rings. The highest BCUT2D eigenvalue weighted by Crippen LogP contribution is 2.34. The zero-order valence-corrected chi connectivity index (χ0v) is 17.1. The van der Waals surface area contributed by atoms with E-state index in [1.165, 1.54) is 43.6 Å².